The number of para-hydroxylation sites is 1. The van der Waals surface area contributed by atoms with E-state index in [9.17, 15) is 0 Å². The Morgan fingerprint density at radius 3 is 2.27 bits per heavy atom. The van der Waals surface area contributed by atoms with Gasteiger partial charge in [0, 0.05) is 46.3 Å². The minimum Gasteiger partial charge on any atom is -0.457 e. The number of hydrogen-bond donors (Lipinski definition) is 0. The summed E-state index contributed by atoms with van der Waals surface area (Å²) >= 11 is 0. The minimum atomic E-state index is 0.0110. The molecule has 1 unspecified atom stereocenters. The lowest BCUT2D eigenvalue weighted by Crippen LogP contribution is -2.24. The fourth-order valence-corrected chi connectivity index (χ4v) is 8.38. The Labute approximate surface area is 304 Å². The molecule has 5 heteroatoms. The Balaban J connectivity index is 1.30. The topological polar surface area (TPSA) is 44.9 Å². The first-order valence-electron chi connectivity index (χ1n) is 18.8. The second-order valence-electron chi connectivity index (χ2n) is 16.7. The summed E-state index contributed by atoms with van der Waals surface area (Å²) in [4.78, 5) is 4.87. The summed E-state index contributed by atoms with van der Waals surface area (Å²) in [6.07, 6.45) is 5.67. The third kappa shape index (κ3) is 6.41. The normalized spacial score (nSPS) is 18.3. The Morgan fingerprint density at radius 2 is 1.57 bits per heavy atom. The molecule has 264 valence electrons. The maximum Gasteiger partial charge on any atom is 0.137 e. The van der Waals surface area contributed by atoms with Gasteiger partial charge in [-0.15, -0.1) is 0 Å². The number of aromatic nitrogens is 4. The van der Waals surface area contributed by atoms with Crippen molar-refractivity contribution >= 4 is 21.8 Å². The molecule has 3 aromatic heterocycles. The van der Waals surface area contributed by atoms with Gasteiger partial charge in [-0.3, -0.25) is 4.57 Å². The molecule has 0 aliphatic heterocycles. The first-order valence-corrected chi connectivity index (χ1v) is 18.8. The minimum absolute atomic E-state index is 0.0110. The van der Waals surface area contributed by atoms with Crippen molar-refractivity contribution in [3.8, 4) is 23.0 Å². The van der Waals surface area contributed by atoms with E-state index in [-0.39, 0.29) is 5.41 Å². The molecule has 0 N–H and O–H groups in total. The molecule has 1 aliphatic rings. The van der Waals surface area contributed by atoms with Crippen LogP contribution >= 0.6 is 0 Å². The number of aryl methyl sites for hydroxylation is 1. The molecule has 1 aliphatic carbocycles. The van der Waals surface area contributed by atoms with Crippen molar-refractivity contribution in [2.75, 3.05) is 0 Å². The molecule has 51 heavy (non-hydrogen) atoms. The highest BCUT2D eigenvalue weighted by Crippen LogP contribution is 2.45. The molecule has 7 rings (SSSR count). The number of hydrogen-bond acceptors (Lipinski definition) is 3. The molecule has 0 saturated heterocycles. The molecule has 6 aromatic rings. The molecule has 0 radical (unpaired) electrons. The van der Waals surface area contributed by atoms with Crippen LogP contribution < -0.4 is 4.74 Å². The van der Waals surface area contributed by atoms with Crippen molar-refractivity contribution in [1.82, 2.24) is 19.3 Å². The Bertz CT molecular complexity index is 2270. The second kappa shape index (κ2) is 13.2. The molecule has 0 amide bonds. The number of nitrogens with zero attached hydrogens (tertiary/aromatic N) is 4. The summed E-state index contributed by atoms with van der Waals surface area (Å²) in [5.74, 6) is 5.08. The lowest BCUT2D eigenvalue weighted by atomic mass is 9.69. The monoisotopic (exact) mass is 678 g/mol. The largest absolute Gasteiger partial charge is 0.457 e. The van der Waals surface area contributed by atoms with Crippen LogP contribution in [0.15, 0.2) is 90.6 Å². The maximum atomic E-state index is 6.78. The van der Waals surface area contributed by atoms with Crippen molar-refractivity contribution in [3.05, 3.63) is 119 Å². The quantitative estimate of drug-likeness (QED) is 0.158. The van der Waals surface area contributed by atoms with Crippen LogP contribution in [0.25, 0.3) is 33.3 Å². The fraction of sp³-hybridized carbons (Fsp3) is 0.391. The van der Waals surface area contributed by atoms with E-state index in [2.05, 4.69) is 164 Å². The Hall–Kier alpha value is -4.64. The van der Waals surface area contributed by atoms with E-state index in [1.165, 1.54) is 45.2 Å². The molecule has 5 nitrogen and oxygen atoms in total. The molecule has 0 fully saturated rings. The number of ether oxygens (including phenoxy) is 1. The van der Waals surface area contributed by atoms with Crippen LogP contribution in [0.4, 0.5) is 0 Å². The fourth-order valence-electron chi connectivity index (χ4n) is 8.38. The zero-order valence-electron chi connectivity index (χ0n) is 32.4. The Kier molecular flexibility index (Phi) is 8.98. The maximum absolute atomic E-state index is 6.78. The van der Waals surface area contributed by atoms with Crippen molar-refractivity contribution in [2.24, 2.45) is 17.8 Å². The van der Waals surface area contributed by atoms with Crippen LogP contribution in [0.2, 0.25) is 0 Å². The Morgan fingerprint density at radius 1 is 0.824 bits per heavy atom. The van der Waals surface area contributed by atoms with Crippen molar-refractivity contribution in [1.29, 1.82) is 0 Å². The first-order chi connectivity index (χ1) is 24.2. The molecule has 0 spiro atoms. The van der Waals surface area contributed by atoms with Crippen molar-refractivity contribution in [3.63, 3.8) is 0 Å². The molecule has 3 aromatic carbocycles. The van der Waals surface area contributed by atoms with Gasteiger partial charge in [0.05, 0.1) is 22.4 Å². The molecule has 0 saturated carbocycles. The van der Waals surface area contributed by atoms with Gasteiger partial charge in [-0.1, -0.05) is 85.2 Å². The van der Waals surface area contributed by atoms with Gasteiger partial charge in [0.2, 0.25) is 0 Å². The van der Waals surface area contributed by atoms with E-state index < -0.39 is 0 Å². The molecule has 3 atom stereocenters. The van der Waals surface area contributed by atoms with Gasteiger partial charge in [0.1, 0.15) is 17.3 Å². The van der Waals surface area contributed by atoms with E-state index >= 15 is 0 Å². The highest BCUT2D eigenvalue weighted by molar-refractivity contribution is 6.09. The van der Waals surface area contributed by atoms with Gasteiger partial charge in [-0.05, 0) is 110 Å². The number of benzene rings is 3. The van der Waals surface area contributed by atoms with E-state index in [4.69, 9.17) is 14.8 Å². The number of allylic oxidation sites excluding steroid dienone is 2. The van der Waals surface area contributed by atoms with Gasteiger partial charge in [0.25, 0.3) is 0 Å². The summed E-state index contributed by atoms with van der Waals surface area (Å²) < 4.78 is 11.2. The predicted octanol–water partition coefficient (Wildman–Crippen LogP) is 12.5. The van der Waals surface area contributed by atoms with E-state index in [0.29, 0.717) is 29.6 Å². The number of pyridine rings is 1. The SMILES string of the molecule is CC1=C[C@H](C(C)C)CC(C)[C@H]1c1c(C)nn(-c2cc(Oc3ccc4c5ccccc5n(-c5cc(C(C)(C)C)ccn5)c4c3)cc(C(C)C)c2)c1C. The van der Waals surface area contributed by atoms with Gasteiger partial charge in [-0.25, -0.2) is 9.67 Å². The summed E-state index contributed by atoms with van der Waals surface area (Å²) in [5, 5.41) is 7.56. The van der Waals surface area contributed by atoms with Crippen LogP contribution in [0.3, 0.4) is 0 Å². The van der Waals surface area contributed by atoms with Crippen LogP contribution in [0.1, 0.15) is 109 Å². The summed E-state index contributed by atoms with van der Waals surface area (Å²) in [6, 6.07) is 25.9. The number of fused-ring (bicyclic) bond motifs is 3. The van der Waals surface area contributed by atoms with E-state index in [1.807, 2.05) is 6.20 Å². The summed E-state index contributed by atoms with van der Waals surface area (Å²) in [6.45, 7) is 25.1. The third-order valence-electron chi connectivity index (χ3n) is 11.2. The van der Waals surface area contributed by atoms with Crippen LogP contribution in [0, 0.1) is 31.6 Å². The number of rotatable bonds is 7. The van der Waals surface area contributed by atoms with Crippen molar-refractivity contribution in [2.45, 2.75) is 99.8 Å². The lowest BCUT2D eigenvalue weighted by Gasteiger charge is -2.35. The molecule has 0 bridgehead atoms. The molecule has 3 heterocycles. The summed E-state index contributed by atoms with van der Waals surface area (Å²) in [5.41, 5.74) is 10.9. The van der Waals surface area contributed by atoms with E-state index in [0.717, 1.165) is 39.7 Å². The van der Waals surface area contributed by atoms with Gasteiger partial charge < -0.3 is 4.74 Å². The smallest absolute Gasteiger partial charge is 0.137 e. The standard InChI is InChI=1S/C46H54N4O/c1-27(2)33-20-29(5)44(30(6)21-33)45-31(7)48-50(32(45)8)36-22-34(28(3)4)23-38(25-36)51-37-16-17-40-39-14-12-13-15-41(39)49(42(40)26-37)43-24-35(18-19-47-43)46(9,10)11/h12-20,22-28,30,33,44H,21H2,1-11H3/t30?,33-,44-/m0/s1. The van der Waals surface area contributed by atoms with E-state index in [1.54, 1.807) is 0 Å². The average Bonchev–Trinajstić information content (AvgIpc) is 3.56. The first kappa shape index (κ1) is 34.8. The van der Waals surface area contributed by atoms with Crippen LogP contribution in [0.5, 0.6) is 11.5 Å². The average molecular weight is 679 g/mol. The lowest BCUT2D eigenvalue weighted by molar-refractivity contribution is 0.317. The molecular weight excluding hydrogens is 625 g/mol. The third-order valence-corrected chi connectivity index (χ3v) is 11.2. The van der Waals surface area contributed by atoms with Gasteiger partial charge in [0.15, 0.2) is 0 Å². The second-order valence-corrected chi connectivity index (χ2v) is 16.7. The predicted molar refractivity (Wildman–Crippen MR) is 213 cm³/mol. The van der Waals surface area contributed by atoms with Gasteiger partial charge in [-0.2, -0.15) is 5.10 Å². The van der Waals surface area contributed by atoms with Crippen LogP contribution in [-0.4, -0.2) is 19.3 Å². The highest BCUT2D eigenvalue weighted by Gasteiger charge is 2.33. The zero-order valence-corrected chi connectivity index (χ0v) is 32.4. The van der Waals surface area contributed by atoms with Crippen LogP contribution in [-0.2, 0) is 5.41 Å². The highest BCUT2D eigenvalue weighted by atomic mass is 16.5. The van der Waals surface area contributed by atoms with Gasteiger partial charge >= 0.3 is 0 Å². The zero-order chi connectivity index (χ0) is 36.4. The summed E-state index contributed by atoms with van der Waals surface area (Å²) in [7, 11) is 0. The van der Waals surface area contributed by atoms with Crippen molar-refractivity contribution < 1.29 is 4.74 Å². The molecular formula is C46H54N4O.